The predicted octanol–water partition coefficient (Wildman–Crippen LogP) is 12.9. The molecule has 0 heterocycles. The number of hydrogen-bond donors (Lipinski definition) is 0. The Morgan fingerprint density at radius 1 is 0.600 bits per heavy atom. The Hall–Kier alpha value is -3.35. The van der Waals surface area contributed by atoms with Crippen molar-refractivity contribution in [3.63, 3.8) is 0 Å². The third-order valence-electron chi connectivity index (χ3n) is 9.13. The van der Waals surface area contributed by atoms with E-state index < -0.39 is 0 Å². The first kappa shape index (κ1) is 39.4. The van der Waals surface area contributed by atoms with Crippen LogP contribution in [0.4, 0.5) is 0 Å². The van der Waals surface area contributed by atoms with Crippen molar-refractivity contribution in [2.75, 3.05) is 0 Å². The summed E-state index contributed by atoms with van der Waals surface area (Å²) in [4.78, 5) is 0. The van der Waals surface area contributed by atoms with Crippen molar-refractivity contribution >= 4 is 49.6 Å². The van der Waals surface area contributed by atoms with Crippen LogP contribution in [0.3, 0.4) is 0 Å². The zero-order chi connectivity index (χ0) is 33.9. The van der Waals surface area contributed by atoms with E-state index in [2.05, 4.69) is 175 Å². The van der Waals surface area contributed by atoms with Gasteiger partial charge in [-0.25, -0.2) is 12.2 Å². The minimum absolute atomic E-state index is 0. The van der Waals surface area contributed by atoms with Gasteiger partial charge in [-0.1, -0.05) is 65.3 Å². The molecule has 2 aliphatic carbocycles. The van der Waals surface area contributed by atoms with E-state index in [0.29, 0.717) is 0 Å². The van der Waals surface area contributed by atoms with Crippen molar-refractivity contribution in [3.05, 3.63) is 179 Å². The molecule has 0 atom stereocenters. The Kier molecular flexibility index (Phi) is 13.2. The first-order valence-electron chi connectivity index (χ1n) is 17.0. The zero-order valence-electron chi connectivity index (χ0n) is 29.9. The maximum absolute atomic E-state index is 3.67. The molecular weight excluding hydrogens is 727 g/mol. The number of hydrogen-bond acceptors (Lipinski definition) is 0. The first-order chi connectivity index (χ1) is 23.0. The average molecular weight is 773 g/mol. The van der Waals surface area contributed by atoms with Crippen LogP contribution in [-0.2, 0) is 41.5 Å². The Morgan fingerprint density at radius 3 is 1.64 bits per heavy atom. The van der Waals surface area contributed by atoms with Crippen LogP contribution in [0.15, 0.2) is 133 Å². The fourth-order valence-electron chi connectivity index (χ4n) is 6.22. The normalized spacial score (nSPS) is 12.5. The summed E-state index contributed by atoms with van der Waals surface area (Å²) in [5.74, 6) is 0. The molecule has 6 aromatic carbocycles. The standard InChI is InChI=1S/C21H14.C21H25.C5H5.2ClH.Zr/c1-3-7-20-14-16(9-11-18(20)5-1)13-17-10-12-19-6-2-4-8-21(19)15-17;1-20(2,3)16-7-9-18-14(12-16)11-15-13-17(21(4,5)6)8-10-19(15)18;1-2-4-5-3-1;;;/h1-12,14-15H;7-10,12H,11H2,1-6H3;1-3H,4H2;2*1H;/q;2*-1;;;+2. The van der Waals surface area contributed by atoms with Gasteiger partial charge in [0.2, 0.25) is 0 Å². The van der Waals surface area contributed by atoms with E-state index in [1.54, 1.807) is 0 Å². The van der Waals surface area contributed by atoms with Crippen LogP contribution < -0.4 is 0 Å². The number of halogens is 2. The molecule has 0 fully saturated rings. The van der Waals surface area contributed by atoms with E-state index in [0.717, 1.165) is 12.8 Å². The maximum atomic E-state index is 3.67. The molecule has 8 rings (SSSR count). The fraction of sp³-hybridized carbons (Fsp3) is 0.213. The second kappa shape index (κ2) is 16.8. The summed E-state index contributed by atoms with van der Waals surface area (Å²) in [7, 11) is 0. The molecular formula is C47H46Cl2Zr. The molecule has 0 radical (unpaired) electrons. The van der Waals surface area contributed by atoms with Gasteiger partial charge in [-0.05, 0) is 28.4 Å². The third kappa shape index (κ3) is 9.30. The van der Waals surface area contributed by atoms with Gasteiger partial charge >= 0.3 is 145 Å². The van der Waals surface area contributed by atoms with Gasteiger partial charge in [-0.2, -0.15) is 29.8 Å². The molecule has 0 nitrogen and oxygen atoms in total. The van der Waals surface area contributed by atoms with Crippen molar-refractivity contribution in [1.29, 1.82) is 0 Å². The van der Waals surface area contributed by atoms with Crippen molar-refractivity contribution < 1.29 is 24.2 Å². The minimum atomic E-state index is 0. The Morgan fingerprint density at radius 2 is 1.16 bits per heavy atom. The summed E-state index contributed by atoms with van der Waals surface area (Å²) in [6.07, 6.45) is 11.0. The van der Waals surface area contributed by atoms with Crippen LogP contribution in [0, 0.1) is 12.1 Å². The molecule has 0 unspecified atom stereocenters. The summed E-state index contributed by atoms with van der Waals surface area (Å²) in [5, 5.41) is 5.21. The van der Waals surface area contributed by atoms with Gasteiger partial charge < -0.3 is 0 Å². The molecule has 3 heteroatoms. The Balaban J connectivity index is 0.000000190. The molecule has 0 aromatic heterocycles. The van der Waals surface area contributed by atoms with Gasteiger partial charge in [0.1, 0.15) is 0 Å². The molecule has 252 valence electrons. The van der Waals surface area contributed by atoms with Crippen LogP contribution >= 0.6 is 24.8 Å². The second-order valence-electron chi connectivity index (χ2n) is 14.8. The summed E-state index contributed by atoms with van der Waals surface area (Å²) >= 11 is 1.44. The molecule has 2 aliphatic rings. The summed E-state index contributed by atoms with van der Waals surface area (Å²) in [6.45, 7) is 13.6. The zero-order valence-corrected chi connectivity index (χ0v) is 34.0. The molecule has 0 amide bonds. The van der Waals surface area contributed by atoms with Crippen LogP contribution in [0.25, 0.3) is 32.7 Å². The molecule has 0 saturated carbocycles. The monoisotopic (exact) mass is 770 g/mol. The molecule has 0 aliphatic heterocycles. The van der Waals surface area contributed by atoms with E-state index in [1.165, 1.54) is 93.5 Å². The van der Waals surface area contributed by atoms with Crippen molar-refractivity contribution in [2.24, 2.45) is 0 Å². The second-order valence-corrected chi connectivity index (χ2v) is 16.0. The van der Waals surface area contributed by atoms with Crippen molar-refractivity contribution in [2.45, 2.75) is 65.2 Å². The van der Waals surface area contributed by atoms with Gasteiger partial charge in [-0.3, -0.25) is 6.08 Å². The van der Waals surface area contributed by atoms with Gasteiger partial charge in [0.25, 0.3) is 0 Å². The fourth-order valence-corrected chi connectivity index (χ4v) is 6.99. The quantitative estimate of drug-likeness (QED) is 0.154. The SMILES string of the molecule is CC(C)(C)c1[c-]c2c(cc1)-c1ccc(C(C)(C)C)cc1C2.Cl.Cl.[C-]1=CC=CC1.[Zr+2]=[C](c1ccc2ccccc2c1)c1ccc2ccccc2c1. The van der Waals surface area contributed by atoms with Gasteiger partial charge in [0.15, 0.2) is 0 Å². The van der Waals surface area contributed by atoms with E-state index >= 15 is 0 Å². The van der Waals surface area contributed by atoms with E-state index in [-0.39, 0.29) is 35.6 Å². The summed E-state index contributed by atoms with van der Waals surface area (Å²) in [5.41, 5.74) is 11.4. The van der Waals surface area contributed by atoms with Crippen molar-refractivity contribution in [1.82, 2.24) is 0 Å². The van der Waals surface area contributed by atoms with Gasteiger partial charge in [0, 0.05) is 0 Å². The molecule has 0 bridgehead atoms. The first-order valence-corrected chi connectivity index (χ1v) is 18.2. The Bertz CT molecular complexity index is 2020. The third-order valence-corrected chi connectivity index (χ3v) is 10.5. The number of allylic oxidation sites excluding steroid dienone is 4. The molecule has 0 saturated heterocycles. The summed E-state index contributed by atoms with van der Waals surface area (Å²) in [6, 6.07) is 45.8. The van der Waals surface area contributed by atoms with E-state index in [9.17, 15) is 0 Å². The van der Waals surface area contributed by atoms with Crippen LogP contribution in [-0.4, -0.2) is 3.21 Å². The summed E-state index contributed by atoms with van der Waals surface area (Å²) < 4.78 is 1.41. The van der Waals surface area contributed by atoms with Crippen LogP contribution in [0.2, 0.25) is 0 Å². The number of benzene rings is 6. The molecule has 50 heavy (non-hydrogen) atoms. The average Bonchev–Trinajstić information content (AvgIpc) is 3.79. The topological polar surface area (TPSA) is 0 Å². The van der Waals surface area contributed by atoms with Crippen LogP contribution in [0.1, 0.15) is 81.3 Å². The predicted molar refractivity (Wildman–Crippen MR) is 218 cm³/mol. The Labute approximate surface area is 326 Å². The number of fused-ring (bicyclic) bond motifs is 5. The molecule has 6 aromatic rings. The molecule has 0 spiro atoms. The van der Waals surface area contributed by atoms with Crippen molar-refractivity contribution in [3.8, 4) is 11.1 Å². The molecule has 0 N–H and O–H groups in total. The van der Waals surface area contributed by atoms with E-state index in [4.69, 9.17) is 0 Å². The van der Waals surface area contributed by atoms with E-state index in [1.807, 2.05) is 12.2 Å². The number of rotatable bonds is 2. The van der Waals surface area contributed by atoms with Gasteiger partial charge in [0.05, 0.1) is 0 Å². The van der Waals surface area contributed by atoms with Crippen LogP contribution in [0.5, 0.6) is 0 Å². The van der Waals surface area contributed by atoms with Gasteiger partial charge in [-0.15, -0.1) is 42.4 Å².